The number of aromatic amines is 1. The highest BCUT2D eigenvalue weighted by Gasteiger charge is 2.16. The van der Waals surface area contributed by atoms with Crippen LogP contribution >= 0.6 is 0 Å². The Balaban J connectivity index is 1.40. The minimum absolute atomic E-state index is 0.0658. The topological polar surface area (TPSA) is 79.7 Å². The molecule has 0 aliphatic rings. The lowest BCUT2D eigenvalue weighted by Crippen LogP contribution is -2.28. The Bertz CT molecular complexity index is 1500. The highest BCUT2D eigenvalue weighted by molar-refractivity contribution is 5.79. The summed E-state index contributed by atoms with van der Waals surface area (Å²) in [4.78, 5) is 18.2. The van der Waals surface area contributed by atoms with Crippen LogP contribution in [0.25, 0.3) is 10.9 Å². The first-order valence-electron chi connectivity index (χ1n) is 12.2. The molecule has 0 fully saturated rings. The van der Waals surface area contributed by atoms with Crippen molar-refractivity contribution in [3.8, 4) is 0 Å². The number of H-pyrrole nitrogens is 1. The van der Waals surface area contributed by atoms with Crippen LogP contribution in [0, 0.1) is 13.8 Å². The van der Waals surface area contributed by atoms with Crippen molar-refractivity contribution in [3.63, 3.8) is 0 Å². The molecule has 0 aliphatic heterocycles. The SMILES string of the molecule is Cc1ccc(CN(Cc2cc3cc(C)ccc3[nH]c2=O)Cc2nnnn2CCc2ccccc2)cc1. The molecular formula is C29H30N6O. The van der Waals surface area contributed by atoms with Crippen LogP contribution in [-0.2, 0) is 32.6 Å². The van der Waals surface area contributed by atoms with Crippen LogP contribution in [0.1, 0.15) is 33.6 Å². The highest BCUT2D eigenvalue weighted by Crippen LogP contribution is 2.17. The number of aromatic nitrogens is 5. The van der Waals surface area contributed by atoms with Gasteiger partial charge in [-0.2, -0.15) is 0 Å². The van der Waals surface area contributed by atoms with Gasteiger partial charge in [0.2, 0.25) is 0 Å². The van der Waals surface area contributed by atoms with Crippen molar-refractivity contribution in [2.75, 3.05) is 0 Å². The molecule has 5 aromatic rings. The van der Waals surface area contributed by atoms with E-state index < -0.39 is 0 Å². The number of rotatable bonds is 9. The summed E-state index contributed by atoms with van der Waals surface area (Å²) in [6.07, 6.45) is 0.848. The quantitative estimate of drug-likeness (QED) is 0.336. The molecule has 3 aromatic carbocycles. The number of hydrogen-bond donors (Lipinski definition) is 1. The van der Waals surface area contributed by atoms with Crippen molar-refractivity contribution in [3.05, 3.63) is 123 Å². The van der Waals surface area contributed by atoms with Crippen LogP contribution in [0.2, 0.25) is 0 Å². The Morgan fingerprint density at radius 3 is 2.42 bits per heavy atom. The summed E-state index contributed by atoms with van der Waals surface area (Å²) in [5.41, 5.74) is 6.31. The zero-order valence-corrected chi connectivity index (χ0v) is 20.7. The summed E-state index contributed by atoms with van der Waals surface area (Å²) in [6.45, 7) is 6.53. The fourth-order valence-corrected chi connectivity index (χ4v) is 4.44. The Morgan fingerprint density at radius 1 is 0.833 bits per heavy atom. The van der Waals surface area contributed by atoms with Crippen molar-refractivity contribution in [2.45, 2.75) is 46.4 Å². The van der Waals surface area contributed by atoms with E-state index in [4.69, 9.17) is 0 Å². The van der Waals surface area contributed by atoms with Crippen LogP contribution < -0.4 is 5.56 Å². The molecule has 0 amide bonds. The molecule has 7 nitrogen and oxygen atoms in total. The molecular weight excluding hydrogens is 448 g/mol. The molecule has 0 bridgehead atoms. The Hall–Kier alpha value is -4.10. The summed E-state index contributed by atoms with van der Waals surface area (Å²) in [5.74, 6) is 0.783. The van der Waals surface area contributed by atoms with Crippen LogP contribution in [0.3, 0.4) is 0 Å². The number of nitrogens with one attached hydrogen (secondary N) is 1. The van der Waals surface area contributed by atoms with Gasteiger partial charge in [-0.25, -0.2) is 4.68 Å². The zero-order chi connectivity index (χ0) is 24.9. The number of aryl methyl sites for hydroxylation is 4. The lowest BCUT2D eigenvalue weighted by atomic mass is 10.1. The number of fused-ring (bicyclic) bond motifs is 1. The van der Waals surface area contributed by atoms with Gasteiger partial charge >= 0.3 is 0 Å². The van der Waals surface area contributed by atoms with E-state index in [2.05, 4.69) is 81.7 Å². The number of tetrazole rings is 1. The third-order valence-corrected chi connectivity index (χ3v) is 6.42. The van der Waals surface area contributed by atoms with E-state index in [9.17, 15) is 4.79 Å². The first kappa shape index (κ1) is 23.6. The first-order valence-corrected chi connectivity index (χ1v) is 12.2. The second-order valence-electron chi connectivity index (χ2n) is 9.40. The molecule has 182 valence electrons. The largest absolute Gasteiger partial charge is 0.322 e. The van der Waals surface area contributed by atoms with Crippen LogP contribution in [0.5, 0.6) is 0 Å². The van der Waals surface area contributed by atoms with E-state index in [1.807, 2.05) is 41.1 Å². The first-order chi connectivity index (χ1) is 17.5. The molecule has 0 spiro atoms. The van der Waals surface area contributed by atoms with Crippen molar-refractivity contribution in [1.82, 2.24) is 30.1 Å². The van der Waals surface area contributed by atoms with E-state index in [1.165, 1.54) is 16.7 Å². The Morgan fingerprint density at radius 2 is 1.61 bits per heavy atom. The second-order valence-corrected chi connectivity index (χ2v) is 9.40. The average Bonchev–Trinajstić information content (AvgIpc) is 3.32. The molecule has 1 N–H and O–H groups in total. The maximum atomic E-state index is 13.0. The van der Waals surface area contributed by atoms with Gasteiger partial charge in [-0.15, -0.1) is 5.10 Å². The number of hydrogen-bond acceptors (Lipinski definition) is 5. The number of nitrogens with zero attached hydrogens (tertiary/aromatic N) is 5. The summed E-state index contributed by atoms with van der Waals surface area (Å²) >= 11 is 0. The van der Waals surface area contributed by atoms with E-state index >= 15 is 0 Å². The second kappa shape index (κ2) is 10.7. The van der Waals surface area contributed by atoms with Crippen LogP contribution in [-0.4, -0.2) is 30.1 Å². The minimum atomic E-state index is -0.0658. The maximum Gasteiger partial charge on any atom is 0.252 e. The predicted octanol–water partition coefficient (Wildman–Crippen LogP) is 4.58. The van der Waals surface area contributed by atoms with Gasteiger partial charge in [0.05, 0.1) is 6.54 Å². The monoisotopic (exact) mass is 478 g/mol. The molecule has 0 saturated heterocycles. The van der Waals surface area contributed by atoms with Crippen LogP contribution in [0.15, 0.2) is 83.7 Å². The fraction of sp³-hybridized carbons (Fsp3) is 0.241. The summed E-state index contributed by atoms with van der Waals surface area (Å²) in [5, 5.41) is 13.5. The van der Waals surface area contributed by atoms with Gasteiger partial charge in [-0.05, 0) is 65.4 Å². The van der Waals surface area contributed by atoms with E-state index in [-0.39, 0.29) is 5.56 Å². The molecule has 36 heavy (non-hydrogen) atoms. The van der Waals surface area contributed by atoms with Crippen molar-refractivity contribution in [1.29, 1.82) is 0 Å². The lowest BCUT2D eigenvalue weighted by molar-refractivity contribution is 0.235. The van der Waals surface area contributed by atoms with Crippen molar-refractivity contribution >= 4 is 10.9 Å². The number of pyridine rings is 1. The zero-order valence-electron chi connectivity index (χ0n) is 20.7. The summed E-state index contributed by atoms with van der Waals surface area (Å²) in [6, 6.07) is 26.9. The van der Waals surface area contributed by atoms with Gasteiger partial charge in [0.25, 0.3) is 5.56 Å². The molecule has 0 radical (unpaired) electrons. The van der Waals surface area contributed by atoms with Gasteiger partial charge in [0, 0.05) is 30.7 Å². The lowest BCUT2D eigenvalue weighted by Gasteiger charge is -2.22. The van der Waals surface area contributed by atoms with E-state index in [0.29, 0.717) is 26.2 Å². The average molecular weight is 479 g/mol. The highest BCUT2D eigenvalue weighted by atomic mass is 16.1. The van der Waals surface area contributed by atoms with E-state index in [1.54, 1.807) is 0 Å². The summed E-state index contributed by atoms with van der Waals surface area (Å²) in [7, 11) is 0. The third-order valence-electron chi connectivity index (χ3n) is 6.42. The van der Waals surface area contributed by atoms with E-state index in [0.717, 1.165) is 34.3 Å². The van der Waals surface area contributed by atoms with Gasteiger partial charge in [0.15, 0.2) is 5.82 Å². The van der Waals surface area contributed by atoms with Gasteiger partial charge in [-0.3, -0.25) is 9.69 Å². The van der Waals surface area contributed by atoms with Gasteiger partial charge in [0.1, 0.15) is 0 Å². The predicted molar refractivity (Wildman–Crippen MR) is 141 cm³/mol. The smallest absolute Gasteiger partial charge is 0.252 e. The van der Waals surface area contributed by atoms with Crippen LogP contribution in [0.4, 0.5) is 0 Å². The van der Waals surface area contributed by atoms with Crippen molar-refractivity contribution < 1.29 is 0 Å². The molecule has 0 atom stereocenters. The molecule has 5 rings (SSSR count). The molecule has 0 saturated carbocycles. The minimum Gasteiger partial charge on any atom is -0.322 e. The van der Waals surface area contributed by atoms with Gasteiger partial charge in [-0.1, -0.05) is 71.8 Å². The normalized spacial score (nSPS) is 11.4. The Kier molecular flexibility index (Phi) is 7.00. The standard InChI is InChI=1S/C29H30N6O/c1-21-8-11-24(12-9-21)18-34(19-26-17-25-16-22(2)10-13-27(25)30-29(26)36)20-28-31-32-33-35(28)15-14-23-6-4-3-5-7-23/h3-13,16-17H,14-15,18-20H2,1-2H3,(H,30,36). The van der Waals surface area contributed by atoms with Crippen molar-refractivity contribution in [2.24, 2.45) is 0 Å². The third kappa shape index (κ3) is 5.75. The molecule has 7 heteroatoms. The molecule has 2 aromatic heterocycles. The van der Waals surface area contributed by atoms with Gasteiger partial charge < -0.3 is 4.98 Å². The number of benzene rings is 3. The maximum absolute atomic E-state index is 13.0. The Labute approximate surface area is 210 Å². The molecule has 2 heterocycles. The summed E-state index contributed by atoms with van der Waals surface area (Å²) < 4.78 is 1.86. The fourth-order valence-electron chi connectivity index (χ4n) is 4.44. The molecule has 0 unspecified atom stereocenters. The molecule has 0 aliphatic carbocycles.